The first-order chi connectivity index (χ1) is 14.1. The highest BCUT2D eigenvalue weighted by Gasteiger charge is 2.71. The Bertz CT molecular complexity index is 804. The second-order valence-corrected chi connectivity index (χ2v) is 7.43. The lowest BCUT2D eigenvalue weighted by molar-refractivity contribution is -0.428. The van der Waals surface area contributed by atoms with E-state index in [4.69, 9.17) is 4.74 Å². The van der Waals surface area contributed by atoms with Gasteiger partial charge in [-0.1, -0.05) is 39.0 Å². The third-order valence-corrected chi connectivity index (χ3v) is 5.30. The van der Waals surface area contributed by atoms with E-state index in [1.807, 2.05) is 4.98 Å². The Labute approximate surface area is 171 Å². The van der Waals surface area contributed by atoms with Crippen LogP contribution in [0.3, 0.4) is 0 Å². The fourth-order valence-corrected chi connectivity index (χ4v) is 3.55. The van der Waals surface area contributed by atoms with E-state index in [2.05, 4.69) is 6.92 Å². The number of unbranched alkanes of at least 4 members (excludes halogenated alkanes) is 5. The van der Waals surface area contributed by atoms with E-state index in [0.717, 1.165) is 37.9 Å². The molecule has 6 N–H and O–H groups in total. The van der Waals surface area contributed by atoms with Gasteiger partial charge in [-0.25, -0.2) is 13.8 Å². The maximum atomic E-state index is 14.7. The Hall–Kier alpha value is -1.67. The fraction of sp³-hybridized carbons (Fsp3) is 0.778. The molecule has 0 aliphatic carbocycles. The van der Waals surface area contributed by atoms with Gasteiger partial charge in [0.15, 0.2) is 6.30 Å². The summed E-state index contributed by atoms with van der Waals surface area (Å²) in [6.07, 6.45) is -0.621. The molecule has 1 unspecified atom stereocenters. The molecule has 1 aliphatic rings. The number of aliphatic hydroxyl groups is 4. The van der Waals surface area contributed by atoms with Crippen LogP contribution in [-0.4, -0.2) is 71.1 Å². The number of nitrogens with one attached hydrogen (secondary N) is 1. The fourth-order valence-electron chi connectivity index (χ4n) is 3.55. The number of hydroxylamine groups is 2. The molecule has 0 amide bonds. The average Bonchev–Trinajstić information content (AvgIpc) is 2.91. The molecule has 2 rings (SSSR count). The minimum Gasteiger partial charge on any atom is -0.394 e. The van der Waals surface area contributed by atoms with E-state index in [9.17, 15) is 39.6 Å². The van der Waals surface area contributed by atoms with Crippen molar-refractivity contribution >= 4 is 0 Å². The van der Waals surface area contributed by atoms with Crippen molar-refractivity contribution in [1.29, 1.82) is 0 Å². The summed E-state index contributed by atoms with van der Waals surface area (Å²) < 4.78 is 20.1. The van der Waals surface area contributed by atoms with Crippen LogP contribution in [0.5, 0.6) is 0 Å². The minimum absolute atomic E-state index is 0.238. The number of aromatic nitrogens is 2. The van der Waals surface area contributed by atoms with E-state index in [-0.39, 0.29) is 16.1 Å². The third-order valence-electron chi connectivity index (χ3n) is 5.30. The zero-order valence-corrected chi connectivity index (χ0v) is 16.8. The molecule has 1 aromatic rings. The van der Waals surface area contributed by atoms with Crippen LogP contribution in [0.2, 0.25) is 0 Å². The lowest BCUT2D eigenvalue weighted by atomic mass is 10.00. The Morgan fingerprint density at radius 1 is 1.27 bits per heavy atom. The van der Waals surface area contributed by atoms with E-state index in [1.165, 1.54) is 0 Å². The Morgan fingerprint density at radius 2 is 1.90 bits per heavy atom. The number of hydrogen-bond acceptors (Lipinski definition) is 9. The molecule has 172 valence electrons. The van der Waals surface area contributed by atoms with Crippen molar-refractivity contribution in [2.75, 3.05) is 6.61 Å². The van der Waals surface area contributed by atoms with Crippen LogP contribution in [0.25, 0.3) is 0 Å². The summed E-state index contributed by atoms with van der Waals surface area (Å²) >= 11 is 0. The first-order valence-electron chi connectivity index (χ1n) is 9.99. The van der Waals surface area contributed by atoms with Crippen molar-refractivity contribution < 1.29 is 34.8 Å². The number of hydrogen-bond donors (Lipinski definition) is 6. The Kier molecular flexibility index (Phi) is 8.27. The zero-order chi connectivity index (χ0) is 22.5. The van der Waals surface area contributed by atoms with Crippen LogP contribution < -0.4 is 11.2 Å². The summed E-state index contributed by atoms with van der Waals surface area (Å²) in [6.45, 7) is 1.14. The van der Waals surface area contributed by atoms with E-state index < -0.39 is 48.0 Å². The molecule has 2 heterocycles. The van der Waals surface area contributed by atoms with Gasteiger partial charge in [0.25, 0.3) is 5.56 Å². The van der Waals surface area contributed by atoms with Gasteiger partial charge in [0.2, 0.25) is 5.72 Å². The summed E-state index contributed by atoms with van der Waals surface area (Å²) in [4.78, 5) is 25.2. The average molecular weight is 435 g/mol. The second kappa shape index (κ2) is 10.1. The summed E-state index contributed by atoms with van der Waals surface area (Å²) in [5.74, 6) is -3.22. The zero-order valence-electron chi connectivity index (χ0n) is 16.8. The minimum atomic E-state index is -3.27. The maximum Gasteiger partial charge on any atom is 0.332 e. The van der Waals surface area contributed by atoms with Crippen LogP contribution >= 0.6 is 0 Å². The first kappa shape index (κ1) is 24.6. The predicted octanol–water partition coefficient (Wildman–Crippen LogP) is -0.683. The summed E-state index contributed by atoms with van der Waals surface area (Å²) in [5.41, 5.74) is -5.36. The van der Waals surface area contributed by atoms with E-state index in [0.29, 0.717) is 12.8 Å². The number of aliphatic hydroxyl groups excluding tert-OH is 2. The van der Waals surface area contributed by atoms with E-state index >= 15 is 0 Å². The van der Waals surface area contributed by atoms with Crippen LogP contribution in [0, 0.1) is 0 Å². The number of alkyl halides is 1. The van der Waals surface area contributed by atoms with Crippen LogP contribution in [0.15, 0.2) is 21.9 Å². The number of ether oxygens (including phenoxy) is 1. The quantitative estimate of drug-likeness (QED) is 0.114. The number of rotatable bonds is 11. The molecule has 5 atom stereocenters. The molecule has 12 heteroatoms. The number of nitrogens with zero attached hydrogens (tertiary/aromatic N) is 2. The van der Waals surface area contributed by atoms with Gasteiger partial charge in [-0.3, -0.25) is 9.78 Å². The highest BCUT2D eigenvalue weighted by atomic mass is 19.1. The van der Waals surface area contributed by atoms with Crippen molar-refractivity contribution in [1.82, 2.24) is 14.6 Å². The molecule has 1 aliphatic heterocycles. The van der Waals surface area contributed by atoms with Gasteiger partial charge in [-0.15, -0.1) is 5.06 Å². The monoisotopic (exact) mass is 435 g/mol. The van der Waals surface area contributed by atoms with Gasteiger partial charge in [0.1, 0.15) is 12.2 Å². The molecule has 1 fully saturated rings. The summed E-state index contributed by atoms with van der Waals surface area (Å²) in [7, 11) is 0. The van der Waals surface area contributed by atoms with Crippen molar-refractivity contribution in [3.05, 3.63) is 33.1 Å². The molecular formula is C18H30FN3O8. The van der Waals surface area contributed by atoms with Gasteiger partial charge in [-0.2, -0.15) is 0 Å². The number of aromatic amines is 1. The highest BCUT2D eigenvalue weighted by Crippen LogP contribution is 2.44. The van der Waals surface area contributed by atoms with Crippen molar-refractivity contribution in [2.24, 2.45) is 0 Å². The van der Waals surface area contributed by atoms with Crippen LogP contribution in [-0.2, 0) is 10.6 Å². The van der Waals surface area contributed by atoms with E-state index in [1.54, 1.807) is 0 Å². The topological polar surface area (TPSA) is 168 Å². The van der Waals surface area contributed by atoms with Gasteiger partial charge in [-0.05, 0) is 12.8 Å². The normalized spacial score (nSPS) is 30.1. The van der Waals surface area contributed by atoms with Gasteiger partial charge >= 0.3 is 11.6 Å². The Morgan fingerprint density at radius 3 is 2.50 bits per heavy atom. The number of halogens is 1. The molecule has 11 nitrogen and oxygen atoms in total. The van der Waals surface area contributed by atoms with Crippen LogP contribution in [0.4, 0.5) is 4.39 Å². The second-order valence-electron chi connectivity index (χ2n) is 7.43. The molecule has 0 saturated carbocycles. The molecule has 0 radical (unpaired) electrons. The van der Waals surface area contributed by atoms with Crippen molar-refractivity contribution in [2.45, 2.75) is 82.0 Å². The molecular weight excluding hydrogens is 405 g/mol. The van der Waals surface area contributed by atoms with Gasteiger partial charge in [0.05, 0.1) is 6.61 Å². The lowest BCUT2D eigenvalue weighted by Crippen LogP contribution is -2.69. The lowest BCUT2D eigenvalue weighted by Gasteiger charge is -2.43. The van der Waals surface area contributed by atoms with Crippen molar-refractivity contribution in [3.8, 4) is 0 Å². The predicted molar refractivity (Wildman–Crippen MR) is 101 cm³/mol. The molecule has 0 bridgehead atoms. The summed E-state index contributed by atoms with van der Waals surface area (Å²) in [5, 5.41) is 51.8. The van der Waals surface area contributed by atoms with Crippen molar-refractivity contribution in [3.63, 3.8) is 0 Å². The first-order valence-corrected chi connectivity index (χ1v) is 9.99. The Balaban J connectivity index is 2.28. The smallest absolute Gasteiger partial charge is 0.332 e. The largest absolute Gasteiger partial charge is 0.394 e. The molecule has 1 aromatic heterocycles. The maximum absolute atomic E-state index is 14.7. The standard InChI is InChI=1S/C18H30FN3O8/c1-2-3-4-5-6-7-8-13(19)22(29)17(27)15(25)12(11-23)30-18(17,28)21-10-9-14(24)20-16(21)26/h9-10,12-13,15,23,25,27-29H,2-8,11H2,1H3,(H,20,24,26)/t12-,13?,15-,17-,18-/m1/s1. The van der Waals surface area contributed by atoms with Gasteiger partial charge < -0.3 is 30.4 Å². The highest BCUT2D eigenvalue weighted by molar-refractivity contribution is 5.05. The number of H-pyrrole nitrogens is 1. The third kappa shape index (κ3) is 4.49. The molecule has 0 spiro atoms. The summed E-state index contributed by atoms with van der Waals surface area (Å²) in [6, 6.07) is 0.812. The molecule has 30 heavy (non-hydrogen) atoms. The molecule has 0 aromatic carbocycles. The molecule has 1 saturated heterocycles. The van der Waals surface area contributed by atoms with Gasteiger partial charge in [0, 0.05) is 12.3 Å². The van der Waals surface area contributed by atoms with Crippen LogP contribution in [0.1, 0.15) is 51.9 Å². The SMILES string of the molecule is CCCCCCCCC(F)N(O)[C@@]1(O)[C@H](O)[C@@H](CO)O[C@@]1(O)n1ccc(=O)[nH]c1=O.